The molecule has 0 radical (unpaired) electrons. The summed E-state index contributed by atoms with van der Waals surface area (Å²) in [7, 11) is 0. The zero-order valence-electron chi connectivity index (χ0n) is 13.0. The number of hydrogen-bond acceptors (Lipinski definition) is 6. The number of pyridine rings is 1. The molecule has 1 aliphatic heterocycles. The molecule has 0 saturated carbocycles. The van der Waals surface area contributed by atoms with Gasteiger partial charge in [0.15, 0.2) is 5.69 Å². The van der Waals surface area contributed by atoms with Gasteiger partial charge in [0.25, 0.3) is 0 Å². The number of aromatic nitrogens is 4. The highest BCUT2D eigenvalue weighted by molar-refractivity contribution is 7.19. The number of rotatable bonds is 4. The van der Waals surface area contributed by atoms with Gasteiger partial charge in [0, 0.05) is 24.2 Å². The Morgan fingerprint density at radius 2 is 2.38 bits per heavy atom. The van der Waals surface area contributed by atoms with E-state index in [2.05, 4.69) is 32.3 Å². The third-order valence-electron chi connectivity index (χ3n) is 4.30. The van der Waals surface area contributed by atoms with E-state index < -0.39 is 5.97 Å². The van der Waals surface area contributed by atoms with Crippen molar-refractivity contribution in [3.05, 3.63) is 41.2 Å². The smallest absolute Gasteiger partial charge is 0.358 e. The molecule has 0 bridgehead atoms. The average molecular weight is 343 g/mol. The van der Waals surface area contributed by atoms with Gasteiger partial charge in [-0.2, -0.15) is 0 Å². The lowest BCUT2D eigenvalue weighted by atomic mass is 10.1. The Hall–Kier alpha value is -2.32. The molecule has 1 unspecified atom stereocenters. The average Bonchev–Trinajstić information content (AvgIpc) is 3.21. The van der Waals surface area contributed by atoms with Crippen LogP contribution < -0.4 is 0 Å². The Morgan fingerprint density at radius 1 is 1.46 bits per heavy atom. The monoisotopic (exact) mass is 343 g/mol. The molecule has 7 nitrogen and oxygen atoms in total. The molecule has 1 fully saturated rings. The maximum absolute atomic E-state index is 11.0. The number of thiophene rings is 1. The van der Waals surface area contributed by atoms with Crippen molar-refractivity contribution >= 4 is 27.5 Å². The molecule has 8 heteroatoms. The number of fused-ring (bicyclic) bond motifs is 1. The Morgan fingerprint density at radius 3 is 3.17 bits per heavy atom. The van der Waals surface area contributed by atoms with Crippen molar-refractivity contribution in [2.45, 2.75) is 25.4 Å². The molecule has 4 heterocycles. The van der Waals surface area contributed by atoms with Crippen molar-refractivity contribution < 1.29 is 9.90 Å². The van der Waals surface area contributed by atoms with E-state index in [1.54, 1.807) is 16.0 Å². The number of piperidine rings is 1. The van der Waals surface area contributed by atoms with Crippen LogP contribution in [0.2, 0.25) is 0 Å². The van der Waals surface area contributed by atoms with E-state index in [9.17, 15) is 4.79 Å². The van der Waals surface area contributed by atoms with Gasteiger partial charge in [0.05, 0.1) is 22.5 Å². The van der Waals surface area contributed by atoms with Crippen LogP contribution in [0.1, 0.15) is 34.2 Å². The molecule has 3 aromatic heterocycles. The second-order valence-electron chi connectivity index (χ2n) is 6.02. The third kappa shape index (κ3) is 3.02. The summed E-state index contributed by atoms with van der Waals surface area (Å²) < 4.78 is 2.91. The third-order valence-corrected chi connectivity index (χ3v) is 5.38. The van der Waals surface area contributed by atoms with Crippen LogP contribution in [0.25, 0.3) is 10.2 Å². The summed E-state index contributed by atoms with van der Waals surface area (Å²) in [5, 5.41) is 16.7. The Labute approximate surface area is 142 Å². The molecule has 4 rings (SSSR count). The summed E-state index contributed by atoms with van der Waals surface area (Å²) in [5.41, 5.74) is 1.05. The van der Waals surface area contributed by atoms with Crippen molar-refractivity contribution in [2.75, 3.05) is 13.1 Å². The Balaban J connectivity index is 1.47. The van der Waals surface area contributed by atoms with E-state index in [0.717, 1.165) is 38.0 Å². The van der Waals surface area contributed by atoms with Gasteiger partial charge in [-0.15, -0.1) is 16.4 Å². The Kier molecular flexibility index (Phi) is 3.99. The van der Waals surface area contributed by atoms with Crippen molar-refractivity contribution in [2.24, 2.45) is 0 Å². The number of nitrogens with zero attached hydrogens (tertiary/aromatic N) is 5. The summed E-state index contributed by atoms with van der Waals surface area (Å²) in [6.07, 6.45) is 5.41. The molecule has 0 aliphatic carbocycles. The fourth-order valence-corrected chi connectivity index (χ4v) is 4.23. The standard InChI is InChI=1S/C16H17N5O2S/c22-16(23)14-10-21(19-18-14)11-3-2-6-20(8-11)9-12-7-13-15(24-12)4-1-5-17-13/h1,4-5,7,10-11H,2-3,6,8-9H2,(H,22,23). The minimum Gasteiger partial charge on any atom is -0.476 e. The first kappa shape index (κ1) is 15.2. The normalized spacial score (nSPS) is 18.9. The highest BCUT2D eigenvalue weighted by Gasteiger charge is 2.23. The highest BCUT2D eigenvalue weighted by atomic mass is 32.1. The second-order valence-corrected chi connectivity index (χ2v) is 7.19. The maximum atomic E-state index is 11.0. The number of aromatic carboxylic acids is 1. The number of carboxylic acids is 1. The van der Waals surface area contributed by atoms with Gasteiger partial charge in [-0.25, -0.2) is 9.48 Å². The maximum Gasteiger partial charge on any atom is 0.358 e. The lowest BCUT2D eigenvalue weighted by Crippen LogP contribution is -2.36. The zero-order chi connectivity index (χ0) is 16.5. The van der Waals surface area contributed by atoms with Gasteiger partial charge >= 0.3 is 5.97 Å². The first-order valence-corrected chi connectivity index (χ1v) is 8.71. The molecule has 3 aromatic rings. The van der Waals surface area contributed by atoms with Crippen LogP contribution in [0, 0.1) is 0 Å². The van der Waals surface area contributed by atoms with Gasteiger partial charge in [-0.05, 0) is 37.6 Å². The SMILES string of the molecule is O=C(O)c1cn(C2CCCN(Cc3cc4ncccc4s3)C2)nn1. The van der Waals surface area contributed by atoms with E-state index in [1.165, 1.54) is 15.8 Å². The van der Waals surface area contributed by atoms with Crippen LogP contribution in [0.4, 0.5) is 0 Å². The minimum absolute atomic E-state index is 0.00250. The molecule has 124 valence electrons. The topological polar surface area (TPSA) is 84.1 Å². The largest absolute Gasteiger partial charge is 0.476 e. The number of hydrogen-bond donors (Lipinski definition) is 1. The molecule has 0 amide bonds. The quantitative estimate of drug-likeness (QED) is 0.783. The highest BCUT2D eigenvalue weighted by Crippen LogP contribution is 2.27. The summed E-state index contributed by atoms with van der Waals surface area (Å²) in [6.45, 7) is 2.78. The summed E-state index contributed by atoms with van der Waals surface area (Å²) in [5.74, 6) is -1.04. The molecule has 24 heavy (non-hydrogen) atoms. The second kappa shape index (κ2) is 6.29. The molecule has 0 aromatic carbocycles. The Bertz CT molecular complexity index is 841. The number of carboxylic acid groups (broad SMARTS) is 1. The van der Waals surface area contributed by atoms with Gasteiger partial charge in [0.1, 0.15) is 0 Å². The summed E-state index contributed by atoms with van der Waals surface area (Å²) >= 11 is 1.78. The van der Waals surface area contributed by atoms with Crippen LogP contribution in [-0.4, -0.2) is 49.0 Å². The van der Waals surface area contributed by atoms with Gasteiger partial charge in [0.2, 0.25) is 0 Å². The van der Waals surface area contributed by atoms with E-state index >= 15 is 0 Å². The van der Waals surface area contributed by atoms with Crippen LogP contribution in [0.15, 0.2) is 30.6 Å². The predicted octanol–water partition coefficient (Wildman–Crippen LogP) is 2.42. The lowest BCUT2D eigenvalue weighted by molar-refractivity contribution is 0.0690. The predicted molar refractivity (Wildman–Crippen MR) is 90.1 cm³/mol. The first-order chi connectivity index (χ1) is 11.7. The van der Waals surface area contributed by atoms with E-state index in [1.807, 2.05) is 12.3 Å². The van der Waals surface area contributed by atoms with Crippen molar-refractivity contribution in [1.82, 2.24) is 24.9 Å². The summed E-state index contributed by atoms with van der Waals surface area (Å²) in [6, 6.07) is 6.39. The minimum atomic E-state index is -1.04. The number of likely N-dealkylation sites (tertiary alicyclic amines) is 1. The van der Waals surface area contributed by atoms with E-state index in [0.29, 0.717) is 0 Å². The fraction of sp³-hybridized carbons (Fsp3) is 0.375. The van der Waals surface area contributed by atoms with Gasteiger partial charge in [-0.1, -0.05) is 5.21 Å². The van der Waals surface area contributed by atoms with Crippen LogP contribution in [0.5, 0.6) is 0 Å². The number of carbonyl (C=O) groups is 1. The van der Waals surface area contributed by atoms with Gasteiger partial charge < -0.3 is 5.11 Å². The molecule has 1 atom stereocenters. The molecule has 0 spiro atoms. The molecule has 1 aliphatic rings. The first-order valence-electron chi connectivity index (χ1n) is 7.90. The molecule has 1 saturated heterocycles. The van der Waals surface area contributed by atoms with Crippen molar-refractivity contribution in [3.8, 4) is 0 Å². The van der Waals surface area contributed by atoms with Crippen molar-refractivity contribution in [3.63, 3.8) is 0 Å². The van der Waals surface area contributed by atoms with E-state index in [-0.39, 0.29) is 11.7 Å². The zero-order valence-corrected chi connectivity index (χ0v) is 13.8. The van der Waals surface area contributed by atoms with Crippen LogP contribution in [-0.2, 0) is 6.54 Å². The van der Waals surface area contributed by atoms with Crippen LogP contribution in [0.3, 0.4) is 0 Å². The lowest BCUT2D eigenvalue weighted by Gasteiger charge is -2.32. The molecular weight excluding hydrogens is 326 g/mol. The summed E-state index contributed by atoms with van der Waals surface area (Å²) in [4.78, 5) is 19.0. The van der Waals surface area contributed by atoms with Gasteiger partial charge in [-0.3, -0.25) is 9.88 Å². The molecule has 1 N–H and O–H groups in total. The van der Waals surface area contributed by atoms with Crippen LogP contribution >= 0.6 is 11.3 Å². The molecular formula is C16H17N5O2S. The fourth-order valence-electron chi connectivity index (χ4n) is 3.16. The van der Waals surface area contributed by atoms with E-state index in [4.69, 9.17) is 5.11 Å². The van der Waals surface area contributed by atoms with Crippen molar-refractivity contribution in [1.29, 1.82) is 0 Å².